The second kappa shape index (κ2) is 6.12. The highest BCUT2D eigenvalue weighted by molar-refractivity contribution is 7.97. The van der Waals surface area contributed by atoms with Crippen molar-refractivity contribution in [3.63, 3.8) is 0 Å². The van der Waals surface area contributed by atoms with E-state index in [0.29, 0.717) is 13.1 Å². The van der Waals surface area contributed by atoms with Crippen molar-refractivity contribution in [2.45, 2.75) is 24.2 Å². The van der Waals surface area contributed by atoms with E-state index < -0.39 is 0 Å². The molecule has 1 fully saturated rings. The van der Waals surface area contributed by atoms with Gasteiger partial charge in [-0.3, -0.25) is 4.31 Å². The van der Waals surface area contributed by atoms with Crippen LogP contribution in [0.15, 0.2) is 53.4 Å². The van der Waals surface area contributed by atoms with Crippen molar-refractivity contribution in [1.82, 2.24) is 14.3 Å². The normalized spacial score (nSPS) is 18.9. The maximum atomic E-state index is 12.6. The molecule has 1 saturated heterocycles. The van der Waals surface area contributed by atoms with Crippen LogP contribution in [-0.2, 0) is 17.9 Å². The van der Waals surface area contributed by atoms with E-state index in [9.17, 15) is 4.79 Å². The molecule has 0 aliphatic carbocycles. The van der Waals surface area contributed by atoms with Crippen molar-refractivity contribution in [2.75, 3.05) is 14.1 Å². The molecule has 0 radical (unpaired) electrons. The second-order valence-corrected chi connectivity index (χ2v) is 7.55. The van der Waals surface area contributed by atoms with Gasteiger partial charge in [-0.25, -0.2) is 9.63 Å². The van der Waals surface area contributed by atoms with Gasteiger partial charge in [-0.15, -0.1) is 0 Å². The average molecular weight is 341 g/mol. The third kappa shape index (κ3) is 3.00. The Labute approximate surface area is 145 Å². The summed E-state index contributed by atoms with van der Waals surface area (Å²) < 4.78 is 2.06. The fraction of sp³-hybridized carbons (Fsp3) is 0.278. The molecule has 0 saturated carbocycles. The fourth-order valence-corrected chi connectivity index (χ4v) is 3.70. The molecule has 0 bridgehead atoms. The zero-order valence-corrected chi connectivity index (χ0v) is 14.5. The summed E-state index contributed by atoms with van der Waals surface area (Å²) in [5, 5.41) is 1.46. The predicted molar refractivity (Wildman–Crippen MR) is 92.7 cm³/mol. The molecule has 0 spiro atoms. The Morgan fingerprint density at radius 2 is 1.88 bits per heavy atom. The van der Waals surface area contributed by atoms with Crippen molar-refractivity contribution < 1.29 is 9.63 Å². The lowest BCUT2D eigenvalue weighted by Gasteiger charge is -2.14. The fourth-order valence-electron chi connectivity index (χ4n) is 2.95. The molecule has 0 aromatic heterocycles. The third-order valence-electron chi connectivity index (χ3n) is 4.11. The zero-order chi connectivity index (χ0) is 16.7. The Morgan fingerprint density at radius 3 is 2.62 bits per heavy atom. The van der Waals surface area contributed by atoms with Gasteiger partial charge in [0.05, 0.1) is 0 Å². The van der Waals surface area contributed by atoms with Gasteiger partial charge in [0.15, 0.2) is 0 Å². The summed E-state index contributed by atoms with van der Waals surface area (Å²) in [6.45, 7) is 1.28. The Bertz CT molecular complexity index is 766. The van der Waals surface area contributed by atoms with Crippen LogP contribution in [-0.4, -0.2) is 34.4 Å². The van der Waals surface area contributed by atoms with Gasteiger partial charge in [0.2, 0.25) is 6.23 Å². The number of hydroxylamine groups is 2. The molecule has 2 amide bonds. The van der Waals surface area contributed by atoms with E-state index in [2.05, 4.69) is 22.5 Å². The molecule has 2 aliphatic rings. The predicted octanol–water partition coefficient (Wildman–Crippen LogP) is 3.64. The van der Waals surface area contributed by atoms with Gasteiger partial charge in [0, 0.05) is 23.5 Å². The van der Waals surface area contributed by atoms with Crippen LogP contribution in [0.2, 0.25) is 0 Å². The second-order valence-electron chi connectivity index (χ2n) is 6.17. The highest BCUT2D eigenvalue weighted by Gasteiger charge is 2.45. The van der Waals surface area contributed by atoms with Crippen LogP contribution in [0, 0.1) is 0 Å². The first kappa shape index (κ1) is 15.5. The zero-order valence-electron chi connectivity index (χ0n) is 13.7. The maximum Gasteiger partial charge on any atom is 0.347 e. The molecular weight excluding hydrogens is 322 g/mol. The van der Waals surface area contributed by atoms with E-state index in [1.807, 2.05) is 49.3 Å². The molecule has 6 heteroatoms. The quantitative estimate of drug-likeness (QED) is 0.631. The molecule has 0 N–H and O–H groups in total. The number of urea groups is 1. The van der Waals surface area contributed by atoms with E-state index >= 15 is 0 Å². The molecule has 2 heterocycles. The molecule has 124 valence electrons. The van der Waals surface area contributed by atoms with Crippen LogP contribution >= 0.6 is 11.9 Å². The third-order valence-corrected chi connectivity index (χ3v) is 4.94. The summed E-state index contributed by atoms with van der Waals surface area (Å²) in [4.78, 5) is 21.1. The minimum absolute atomic E-state index is 0.0677. The van der Waals surface area contributed by atoms with Gasteiger partial charge < -0.3 is 4.90 Å². The van der Waals surface area contributed by atoms with Crippen LogP contribution in [0.5, 0.6) is 0 Å². The minimum Gasteiger partial charge on any atom is -0.314 e. The number of carbonyl (C=O) groups is 1. The van der Waals surface area contributed by atoms with Crippen LogP contribution < -0.4 is 0 Å². The minimum atomic E-state index is -0.248. The van der Waals surface area contributed by atoms with E-state index in [4.69, 9.17) is 4.84 Å². The van der Waals surface area contributed by atoms with Crippen LogP contribution in [0.3, 0.4) is 0 Å². The van der Waals surface area contributed by atoms with Gasteiger partial charge in [-0.05, 0) is 49.3 Å². The van der Waals surface area contributed by atoms with Crippen molar-refractivity contribution in [3.05, 3.63) is 65.2 Å². The summed E-state index contributed by atoms with van der Waals surface area (Å²) >= 11 is 1.69. The molecule has 24 heavy (non-hydrogen) atoms. The number of nitrogens with zero attached hydrogens (tertiary/aromatic N) is 3. The van der Waals surface area contributed by atoms with Crippen LogP contribution in [0.4, 0.5) is 4.79 Å². The Balaban J connectivity index is 1.43. The summed E-state index contributed by atoms with van der Waals surface area (Å²) in [5.41, 5.74) is 3.44. The molecule has 2 aromatic rings. The Hall–Kier alpha value is -2.02. The van der Waals surface area contributed by atoms with Crippen LogP contribution in [0.1, 0.15) is 22.9 Å². The monoisotopic (exact) mass is 341 g/mol. The lowest BCUT2D eigenvalue weighted by atomic mass is 10.1. The molecule has 1 unspecified atom stereocenters. The van der Waals surface area contributed by atoms with E-state index in [0.717, 1.165) is 5.56 Å². The van der Waals surface area contributed by atoms with Crippen molar-refractivity contribution in [2.24, 2.45) is 0 Å². The molecule has 5 nitrogen and oxygen atoms in total. The van der Waals surface area contributed by atoms with E-state index in [1.54, 1.807) is 11.9 Å². The van der Waals surface area contributed by atoms with Gasteiger partial charge in [-0.1, -0.05) is 36.4 Å². The standard InChI is InChI=1S/C18H19N3O2S/c1-19(2)24-16-9-8-14-11-20(12-15(14)10-16)18(22)21-17(23-21)13-6-4-3-5-7-13/h3-10,17H,11-12H2,1-2H3. The first-order valence-electron chi connectivity index (χ1n) is 7.89. The highest BCUT2D eigenvalue weighted by Crippen LogP contribution is 2.39. The largest absolute Gasteiger partial charge is 0.347 e. The topological polar surface area (TPSA) is 39.1 Å². The maximum absolute atomic E-state index is 12.6. The number of rotatable bonds is 3. The smallest absolute Gasteiger partial charge is 0.314 e. The number of benzene rings is 2. The lowest BCUT2D eigenvalue weighted by molar-refractivity contribution is 0.137. The first-order chi connectivity index (χ1) is 11.6. The summed E-state index contributed by atoms with van der Waals surface area (Å²) in [6, 6.07) is 16.1. The lowest BCUT2D eigenvalue weighted by Crippen LogP contribution is -2.30. The van der Waals surface area contributed by atoms with Gasteiger partial charge in [0.25, 0.3) is 0 Å². The number of hydrogen-bond donors (Lipinski definition) is 0. The summed E-state index contributed by atoms with van der Waals surface area (Å²) in [5.74, 6) is 0. The van der Waals surface area contributed by atoms with Gasteiger partial charge >= 0.3 is 6.03 Å². The van der Waals surface area contributed by atoms with E-state index in [1.165, 1.54) is 21.1 Å². The molecule has 2 aliphatic heterocycles. The van der Waals surface area contributed by atoms with Crippen molar-refractivity contribution >= 4 is 18.0 Å². The van der Waals surface area contributed by atoms with Crippen LogP contribution in [0.25, 0.3) is 0 Å². The van der Waals surface area contributed by atoms with Gasteiger partial charge in [0.1, 0.15) is 0 Å². The van der Waals surface area contributed by atoms with E-state index in [-0.39, 0.29) is 12.3 Å². The Kier molecular flexibility index (Phi) is 3.96. The number of fused-ring (bicyclic) bond motifs is 1. The highest BCUT2D eigenvalue weighted by atomic mass is 32.2. The molecule has 2 aromatic carbocycles. The van der Waals surface area contributed by atoms with Crippen molar-refractivity contribution in [3.8, 4) is 0 Å². The Morgan fingerprint density at radius 1 is 1.12 bits per heavy atom. The SMILES string of the molecule is CN(C)Sc1ccc2c(c1)CN(C(=O)N1OC1c1ccccc1)C2. The summed E-state index contributed by atoms with van der Waals surface area (Å²) in [7, 11) is 4.05. The molecule has 1 atom stereocenters. The van der Waals surface area contributed by atoms with Crippen molar-refractivity contribution in [1.29, 1.82) is 0 Å². The summed E-state index contributed by atoms with van der Waals surface area (Å²) in [6.07, 6.45) is -0.248. The first-order valence-corrected chi connectivity index (χ1v) is 8.66. The molecule has 4 rings (SSSR count). The number of amides is 2. The number of carbonyl (C=O) groups excluding carboxylic acids is 1. The number of hydrogen-bond acceptors (Lipinski definition) is 4. The van der Waals surface area contributed by atoms with Gasteiger partial charge in [-0.2, -0.15) is 5.06 Å². The average Bonchev–Trinajstić information content (AvgIpc) is 3.26. The molecular formula is C18H19N3O2S.